The van der Waals surface area contributed by atoms with Gasteiger partial charge in [-0.15, -0.1) is 0 Å². The molecule has 0 aliphatic carbocycles. The molecule has 4 rings (SSSR count). The lowest BCUT2D eigenvalue weighted by Gasteiger charge is -2.32. The van der Waals surface area contributed by atoms with Gasteiger partial charge in [0, 0.05) is 6.61 Å². The largest absolute Gasteiger partial charge is 0.496 e. The molecule has 0 radical (unpaired) electrons. The number of unbranched alkanes of at least 4 members (excludes halogenated alkanes) is 1. The van der Waals surface area contributed by atoms with Crippen molar-refractivity contribution in [3.8, 4) is 0 Å². The van der Waals surface area contributed by atoms with Crippen LogP contribution in [0.25, 0.3) is 0 Å². The van der Waals surface area contributed by atoms with Crippen molar-refractivity contribution in [2.45, 2.75) is 83.5 Å². The Balaban J connectivity index is 0.000000205. The smallest absolute Gasteiger partial charge is 0.124 e. The molecule has 2 heterocycles. The highest BCUT2D eigenvalue weighted by Crippen LogP contribution is 2.20. The van der Waals surface area contributed by atoms with E-state index < -0.39 is 6.10 Å². The van der Waals surface area contributed by atoms with Crippen LogP contribution in [0.4, 0.5) is 0 Å². The minimum atomic E-state index is -0.590. The third kappa shape index (κ3) is 9.10. The number of hydrogen-bond donors (Lipinski definition) is 1. The van der Waals surface area contributed by atoms with Crippen molar-refractivity contribution in [1.82, 2.24) is 0 Å². The van der Waals surface area contributed by atoms with Crippen LogP contribution in [-0.2, 0) is 36.9 Å². The van der Waals surface area contributed by atoms with E-state index in [1.807, 2.05) is 68.5 Å². The van der Waals surface area contributed by atoms with Crippen LogP contribution in [0.15, 0.2) is 85.3 Å². The van der Waals surface area contributed by atoms with Crippen LogP contribution in [0, 0.1) is 0 Å². The van der Waals surface area contributed by atoms with Crippen LogP contribution in [0.1, 0.15) is 44.7 Å². The Kier molecular flexibility index (Phi) is 12.0. The van der Waals surface area contributed by atoms with E-state index in [4.69, 9.17) is 23.7 Å². The summed E-state index contributed by atoms with van der Waals surface area (Å²) in [4.78, 5) is 0. The Morgan fingerprint density at radius 2 is 1.25 bits per heavy atom. The number of aliphatic hydroxyl groups excluding tert-OH is 1. The quantitative estimate of drug-likeness (QED) is 0.435. The van der Waals surface area contributed by atoms with E-state index in [0.29, 0.717) is 13.2 Å². The zero-order valence-corrected chi connectivity index (χ0v) is 21.6. The standard InChI is InChI=1S/C17H24O3.C13H16O3/c1-3-4-11-19-16-10-12-18-14(2)17(16)20-13-15-8-6-5-7-9-15;1-10-13(12(14)7-8-15-10)16-9-11-5-3-2-4-6-11/h5-10,12,14,16-17H,3-4,11,13H2,1-2H3;2-8,10,12-14H,9H2,1H3/t14-,16-,17-;10-,12-,13-/m00/s1. The van der Waals surface area contributed by atoms with Gasteiger partial charge in [-0.2, -0.15) is 0 Å². The summed E-state index contributed by atoms with van der Waals surface area (Å²) in [6.45, 7) is 7.92. The van der Waals surface area contributed by atoms with Crippen LogP contribution in [0.2, 0.25) is 0 Å². The lowest BCUT2D eigenvalue weighted by molar-refractivity contribution is -0.121. The molecule has 6 nitrogen and oxygen atoms in total. The highest BCUT2D eigenvalue weighted by Gasteiger charge is 2.31. The first-order valence-electron chi connectivity index (χ1n) is 12.8. The number of rotatable bonds is 10. The number of aliphatic hydroxyl groups is 1. The molecule has 0 saturated heterocycles. The molecule has 0 aromatic heterocycles. The van der Waals surface area contributed by atoms with E-state index in [2.05, 4.69) is 19.1 Å². The molecule has 2 aromatic rings. The molecule has 2 aliphatic rings. The summed E-state index contributed by atoms with van der Waals surface area (Å²) in [5, 5.41) is 9.73. The molecule has 1 N–H and O–H groups in total. The molecule has 6 atom stereocenters. The Labute approximate surface area is 215 Å². The first-order chi connectivity index (χ1) is 17.6. The molecule has 0 saturated carbocycles. The Hall–Kier alpha value is -2.64. The monoisotopic (exact) mass is 496 g/mol. The second-order valence-corrected chi connectivity index (χ2v) is 9.04. The third-order valence-electron chi connectivity index (χ3n) is 6.09. The summed E-state index contributed by atoms with van der Waals surface area (Å²) in [5.41, 5.74) is 2.26. The molecular formula is C30H40O6. The van der Waals surface area contributed by atoms with Gasteiger partial charge in [-0.05, 0) is 43.5 Å². The zero-order valence-electron chi connectivity index (χ0n) is 21.6. The summed E-state index contributed by atoms with van der Waals surface area (Å²) in [5.74, 6) is 0. The molecule has 2 aliphatic heterocycles. The molecule has 0 bridgehead atoms. The van der Waals surface area contributed by atoms with Crippen LogP contribution in [0.5, 0.6) is 0 Å². The van der Waals surface area contributed by atoms with Crippen LogP contribution in [-0.4, -0.2) is 48.3 Å². The van der Waals surface area contributed by atoms with E-state index in [-0.39, 0.29) is 30.5 Å². The minimum Gasteiger partial charge on any atom is -0.496 e. The second kappa shape index (κ2) is 15.5. The van der Waals surface area contributed by atoms with Crippen molar-refractivity contribution < 1.29 is 28.8 Å². The Bertz CT molecular complexity index is 900. The first kappa shape index (κ1) is 27.9. The number of ether oxygens (including phenoxy) is 5. The average Bonchev–Trinajstić information content (AvgIpc) is 2.90. The van der Waals surface area contributed by atoms with Gasteiger partial charge in [0.05, 0.1) is 25.7 Å². The third-order valence-corrected chi connectivity index (χ3v) is 6.09. The van der Waals surface area contributed by atoms with Gasteiger partial charge in [0.15, 0.2) is 0 Å². The Morgan fingerprint density at radius 3 is 1.81 bits per heavy atom. The van der Waals surface area contributed by atoms with Crippen LogP contribution < -0.4 is 0 Å². The van der Waals surface area contributed by atoms with Crippen molar-refractivity contribution in [2.75, 3.05) is 6.61 Å². The number of benzene rings is 2. The molecule has 2 aromatic carbocycles. The fourth-order valence-electron chi connectivity index (χ4n) is 3.93. The van der Waals surface area contributed by atoms with Gasteiger partial charge in [0.25, 0.3) is 0 Å². The second-order valence-electron chi connectivity index (χ2n) is 9.04. The van der Waals surface area contributed by atoms with E-state index in [0.717, 1.165) is 25.0 Å². The lowest BCUT2D eigenvalue weighted by Crippen LogP contribution is -2.42. The van der Waals surface area contributed by atoms with Crippen LogP contribution in [0.3, 0.4) is 0 Å². The Morgan fingerprint density at radius 1 is 0.722 bits per heavy atom. The lowest BCUT2D eigenvalue weighted by atomic mass is 10.1. The van der Waals surface area contributed by atoms with Gasteiger partial charge < -0.3 is 28.8 Å². The van der Waals surface area contributed by atoms with Gasteiger partial charge in [0.2, 0.25) is 0 Å². The SMILES string of the molecule is CCCCO[C@H]1C=CO[C@@H](C)[C@@H]1OCc1ccccc1.C[C@@H]1OC=C[C@H](O)[C@H]1OCc1ccccc1. The molecule has 196 valence electrons. The van der Waals surface area contributed by atoms with E-state index in [1.165, 1.54) is 11.8 Å². The molecule has 6 heteroatoms. The van der Waals surface area contributed by atoms with E-state index in [1.54, 1.807) is 12.3 Å². The maximum atomic E-state index is 9.73. The van der Waals surface area contributed by atoms with Gasteiger partial charge in [-0.3, -0.25) is 0 Å². The maximum Gasteiger partial charge on any atom is 0.124 e. The normalized spacial score (nSPS) is 26.9. The maximum absolute atomic E-state index is 9.73. The predicted molar refractivity (Wildman–Crippen MR) is 140 cm³/mol. The van der Waals surface area contributed by atoms with Gasteiger partial charge in [-0.25, -0.2) is 0 Å². The highest BCUT2D eigenvalue weighted by atomic mass is 16.6. The van der Waals surface area contributed by atoms with Gasteiger partial charge in [-0.1, -0.05) is 74.0 Å². The van der Waals surface area contributed by atoms with Crippen molar-refractivity contribution in [3.05, 3.63) is 96.5 Å². The minimum absolute atomic E-state index is 0.00957. The average molecular weight is 497 g/mol. The predicted octanol–water partition coefficient (Wildman–Crippen LogP) is 5.55. The van der Waals surface area contributed by atoms with Crippen molar-refractivity contribution in [1.29, 1.82) is 0 Å². The summed E-state index contributed by atoms with van der Waals surface area (Å²) in [7, 11) is 0. The molecule has 0 fully saturated rings. The molecule has 0 unspecified atom stereocenters. The fraction of sp³-hybridized carbons (Fsp3) is 0.467. The zero-order chi connectivity index (χ0) is 25.6. The fourth-order valence-corrected chi connectivity index (χ4v) is 3.93. The molecule has 0 spiro atoms. The summed E-state index contributed by atoms with van der Waals surface area (Å²) >= 11 is 0. The molecule has 0 amide bonds. The molecule has 36 heavy (non-hydrogen) atoms. The first-order valence-corrected chi connectivity index (χ1v) is 12.8. The summed E-state index contributed by atoms with van der Waals surface area (Å²) in [6, 6.07) is 20.1. The van der Waals surface area contributed by atoms with Crippen molar-refractivity contribution in [3.63, 3.8) is 0 Å². The van der Waals surface area contributed by atoms with E-state index in [9.17, 15) is 5.11 Å². The van der Waals surface area contributed by atoms with Gasteiger partial charge in [0.1, 0.15) is 36.6 Å². The highest BCUT2D eigenvalue weighted by molar-refractivity contribution is 5.14. The summed E-state index contributed by atoms with van der Waals surface area (Å²) in [6.07, 6.45) is 7.94. The van der Waals surface area contributed by atoms with Crippen molar-refractivity contribution >= 4 is 0 Å². The summed E-state index contributed by atoms with van der Waals surface area (Å²) < 4.78 is 28.4. The van der Waals surface area contributed by atoms with Crippen molar-refractivity contribution in [2.24, 2.45) is 0 Å². The van der Waals surface area contributed by atoms with Gasteiger partial charge >= 0.3 is 0 Å². The molecular weight excluding hydrogens is 456 g/mol. The van der Waals surface area contributed by atoms with E-state index >= 15 is 0 Å². The van der Waals surface area contributed by atoms with Crippen LogP contribution >= 0.6 is 0 Å². The topological polar surface area (TPSA) is 66.4 Å². The number of hydrogen-bond acceptors (Lipinski definition) is 6.